The molecule has 317 valence electrons. The van der Waals surface area contributed by atoms with Crippen LogP contribution in [0, 0.1) is 0 Å². The fraction of sp³-hybridized carbons (Fsp3) is 0.720. The molecule has 0 atom stereocenters. The molecule has 55 heavy (non-hydrogen) atoms. The van der Waals surface area contributed by atoms with E-state index in [4.69, 9.17) is 0 Å². The monoisotopic (exact) mass is 808 g/mol. The average molecular weight is 809 g/mol. The second-order valence-corrected chi connectivity index (χ2v) is 15.8. The Morgan fingerprint density at radius 2 is 0.564 bits per heavy atom. The molecule has 0 aromatic heterocycles. The van der Waals surface area contributed by atoms with Gasteiger partial charge >= 0.3 is 17.1 Å². The van der Waals surface area contributed by atoms with Gasteiger partial charge in [0.25, 0.3) is 0 Å². The Morgan fingerprint density at radius 1 is 0.345 bits per heavy atom. The quantitative estimate of drug-likeness (QED) is 0.0391. The maximum atomic E-state index is 11.5. The van der Waals surface area contributed by atoms with Crippen LogP contribution in [0.3, 0.4) is 0 Å². The first-order valence-electron chi connectivity index (χ1n) is 23.2. The van der Waals surface area contributed by atoms with Crippen molar-refractivity contribution in [2.75, 3.05) is 13.1 Å². The zero-order valence-corrected chi connectivity index (χ0v) is 36.8. The normalized spacial score (nSPS) is 11.2. The van der Waals surface area contributed by atoms with E-state index in [0.717, 1.165) is 25.9 Å². The fourth-order valence-electron chi connectivity index (χ4n) is 7.00. The first-order chi connectivity index (χ1) is 26.7. The Balaban J connectivity index is 0.00000104. The van der Waals surface area contributed by atoms with Gasteiger partial charge in [-0.05, 0) is 24.0 Å². The van der Waals surface area contributed by atoms with E-state index in [1.54, 1.807) is 36.7 Å². The number of rotatable bonds is 36. The summed E-state index contributed by atoms with van der Waals surface area (Å²) in [6.45, 7) is 6.25. The Hall–Kier alpha value is -2.10. The Labute approximate surface area is 351 Å². The van der Waals surface area contributed by atoms with E-state index >= 15 is 0 Å². The van der Waals surface area contributed by atoms with E-state index in [9.17, 15) is 10.2 Å². The topological polar surface area (TPSA) is 70.8 Å². The third-order valence-electron chi connectivity index (χ3n) is 10.6. The van der Waals surface area contributed by atoms with E-state index in [1.165, 1.54) is 193 Å². The van der Waals surface area contributed by atoms with Crippen molar-refractivity contribution in [2.24, 2.45) is 9.98 Å². The van der Waals surface area contributed by atoms with E-state index in [0.29, 0.717) is 11.1 Å². The minimum Gasteiger partial charge on any atom is -0.872 e. The molecule has 0 bridgehead atoms. The third kappa shape index (κ3) is 36.0. The molecule has 0 spiro atoms. The van der Waals surface area contributed by atoms with E-state index in [1.807, 2.05) is 24.3 Å². The standard InChI is InChI=1S/2C25H43NO.Cu/c2*1-2-3-4-5-6-7-8-9-10-11-12-13-14-15-16-19-22-26-23-24-20-17-18-21-25(24)27;/h2*17-18,20-21,23,27H,2-16,19,22H2,1H3;/q;;+2/p-2. The summed E-state index contributed by atoms with van der Waals surface area (Å²) >= 11 is 0. The smallest absolute Gasteiger partial charge is 0.872 e. The number of benzene rings is 2. The third-order valence-corrected chi connectivity index (χ3v) is 10.6. The van der Waals surface area contributed by atoms with Gasteiger partial charge < -0.3 is 10.2 Å². The summed E-state index contributed by atoms with van der Waals surface area (Å²) in [6.07, 6.45) is 47.9. The van der Waals surface area contributed by atoms with Crippen molar-refractivity contribution < 1.29 is 27.3 Å². The summed E-state index contributed by atoms with van der Waals surface area (Å²) in [6, 6.07) is 14.2. The van der Waals surface area contributed by atoms with Gasteiger partial charge in [-0.25, -0.2) is 0 Å². The molecule has 2 aromatic carbocycles. The van der Waals surface area contributed by atoms with Gasteiger partial charge in [0.05, 0.1) is 0 Å². The molecule has 0 N–H and O–H groups in total. The van der Waals surface area contributed by atoms with Crippen LogP contribution in [0.4, 0.5) is 0 Å². The van der Waals surface area contributed by atoms with Crippen molar-refractivity contribution >= 4 is 12.4 Å². The summed E-state index contributed by atoms with van der Waals surface area (Å²) in [5.41, 5.74) is 1.41. The maximum absolute atomic E-state index is 11.5. The van der Waals surface area contributed by atoms with Gasteiger partial charge in [0.2, 0.25) is 0 Å². The summed E-state index contributed by atoms with van der Waals surface area (Å²) in [4.78, 5) is 8.76. The zero-order valence-electron chi connectivity index (χ0n) is 35.8. The molecule has 0 saturated heterocycles. The molecule has 0 unspecified atom stereocenters. The van der Waals surface area contributed by atoms with Crippen molar-refractivity contribution in [1.29, 1.82) is 0 Å². The summed E-state index contributed by atoms with van der Waals surface area (Å²) in [5.74, 6) is 0.126. The molecule has 0 aliphatic heterocycles. The van der Waals surface area contributed by atoms with Crippen LogP contribution >= 0.6 is 0 Å². The van der Waals surface area contributed by atoms with Gasteiger partial charge in [-0.15, -0.1) is 11.5 Å². The molecule has 0 fully saturated rings. The second-order valence-electron chi connectivity index (χ2n) is 15.8. The number of para-hydroxylation sites is 2. The zero-order chi connectivity index (χ0) is 38.8. The number of aliphatic imine (C=N–C) groups is 2. The number of hydrogen-bond donors (Lipinski definition) is 0. The molecular formula is C50H84CuN2O2. The van der Waals surface area contributed by atoms with Crippen LogP contribution in [-0.4, -0.2) is 25.5 Å². The number of unbranched alkanes of at least 4 members (excludes halogenated alkanes) is 30. The van der Waals surface area contributed by atoms with Gasteiger partial charge in [0.15, 0.2) is 0 Å². The van der Waals surface area contributed by atoms with Crippen LogP contribution in [0.25, 0.3) is 0 Å². The van der Waals surface area contributed by atoms with Gasteiger partial charge in [-0.3, -0.25) is 9.98 Å². The van der Waals surface area contributed by atoms with E-state index in [2.05, 4.69) is 23.8 Å². The largest absolute Gasteiger partial charge is 2.00 e. The van der Waals surface area contributed by atoms with Crippen LogP contribution in [0.5, 0.6) is 11.5 Å². The van der Waals surface area contributed by atoms with Crippen LogP contribution in [0.15, 0.2) is 58.5 Å². The van der Waals surface area contributed by atoms with Crippen molar-refractivity contribution in [3.8, 4) is 11.5 Å². The molecule has 4 nitrogen and oxygen atoms in total. The van der Waals surface area contributed by atoms with Crippen molar-refractivity contribution in [1.82, 2.24) is 0 Å². The molecule has 0 heterocycles. The van der Waals surface area contributed by atoms with Crippen LogP contribution < -0.4 is 10.2 Å². The summed E-state index contributed by atoms with van der Waals surface area (Å²) in [7, 11) is 0. The Morgan fingerprint density at radius 3 is 0.800 bits per heavy atom. The van der Waals surface area contributed by atoms with Gasteiger partial charge in [0, 0.05) is 25.5 Å². The average Bonchev–Trinajstić information content (AvgIpc) is 3.18. The molecule has 5 heteroatoms. The number of hydrogen-bond acceptors (Lipinski definition) is 4. The minimum absolute atomic E-state index is 0. The Bertz CT molecular complexity index is 1030. The maximum Gasteiger partial charge on any atom is 2.00 e. The molecule has 0 aliphatic rings. The molecule has 0 saturated carbocycles. The molecular weight excluding hydrogens is 724 g/mol. The molecule has 0 aliphatic carbocycles. The predicted octanol–water partition coefficient (Wildman–Crippen LogP) is 14.9. The SMILES string of the molecule is CCCCCCCCCCCCCCCCCCN=Cc1ccccc1[O-].CCCCCCCCCCCCCCCCCCN=Cc1ccccc1[O-].[Cu+2]. The van der Waals surface area contributed by atoms with E-state index in [-0.39, 0.29) is 28.6 Å². The molecule has 2 aromatic rings. The molecule has 1 radical (unpaired) electrons. The van der Waals surface area contributed by atoms with Crippen molar-refractivity contribution in [2.45, 2.75) is 219 Å². The minimum atomic E-state index is 0. The van der Waals surface area contributed by atoms with Gasteiger partial charge in [-0.2, -0.15) is 0 Å². The first-order valence-corrected chi connectivity index (χ1v) is 23.2. The van der Waals surface area contributed by atoms with Gasteiger partial charge in [0.1, 0.15) is 0 Å². The van der Waals surface area contributed by atoms with Crippen molar-refractivity contribution in [3.05, 3.63) is 59.7 Å². The van der Waals surface area contributed by atoms with Gasteiger partial charge in [-0.1, -0.05) is 255 Å². The van der Waals surface area contributed by atoms with Crippen molar-refractivity contribution in [3.63, 3.8) is 0 Å². The van der Waals surface area contributed by atoms with Crippen LogP contribution in [-0.2, 0) is 17.1 Å². The summed E-state index contributed by atoms with van der Waals surface area (Å²) < 4.78 is 0. The second kappa shape index (κ2) is 43.0. The number of nitrogens with zero attached hydrogens (tertiary/aromatic N) is 2. The predicted molar refractivity (Wildman–Crippen MR) is 236 cm³/mol. The van der Waals surface area contributed by atoms with Crippen LogP contribution in [0.1, 0.15) is 230 Å². The molecule has 2 rings (SSSR count). The first kappa shape index (κ1) is 52.9. The van der Waals surface area contributed by atoms with E-state index < -0.39 is 0 Å². The Kier molecular flexibility index (Phi) is 41.4. The molecule has 0 amide bonds. The fourth-order valence-corrected chi connectivity index (χ4v) is 7.00. The van der Waals surface area contributed by atoms with Crippen LogP contribution in [0.2, 0.25) is 0 Å². The summed E-state index contributed by atoms with van der Waals surface area (Å²) in [5, 5.41) is 23.1.